The minimum atomic E-state index is -1.04. The second kappa shape index (κ2) is 2.20. The zero-order chi connectivity index (χ0) is 10.8. The Morgan fingerprint density at radius 2 is 1.86 bits per heavy atom. The molecule has 2 aliphatic rings. The Morgan fingerprint density at radius 1 is 1.29 bits per heavy atom. The number of aliphatic carboxylic acids is 1. The molecule has 3 heteroatoms. The summed E-state index contributed by atoms with van der Waals surface area (Å²) in [5.74, 6) is -0.949. The summed E-state index contributed by atoms with van der Waals surface area (Å²) >= 11 is 0. The number of Topliss-reactive ketones (excluding diaryl/α,β-unsaturated/α-hetero) is 1. The van der Waals surface area contributed by atoms with E-state index >= 15 is 0 Å². The summed E-state index contributed by atoms with van der Waals surface area (Å²) in [6, 6.07) is 0. The van der Waals surface area contributed by atoms with Crippen molar-refractivity contribution in [2.75, 3.05) is 0 Å². The second-order valence-electron chi connectivity index (χ2n) is 5.43. The van der Waals surface area contributed by atoms with E-state index in [1.165, 1.54) is 0 Å². The molecule has 2 fully saturated rings. The summed E-state index contributed by atoms with van der Waals surface area (Å²) in [6.45, 7) is 5.68. The number of carbonyl (C=O) groups is 2. The van der Waals surface area contributed by atoms with E-state index in [1.54, 1.807) is 0 Å². The van der Waals surface area contributed by atoms with Crippen LogP contribution in [-0.2, 0) is 9.59 Å². The van der Waals surface area contributed by atoms with Gasteiger partial charge in [0.2, 0.25) is 0 Å². The minimum Gasteiger partial charge on any atom is -0.550 e. The first-order valence-electron chi connectivity index (χ1n) is 5.03. The van der Waals surface area contributed by atoms with Gasteiger partial charge < -0.3 is 9.90 Å². The predicted molar refractivity (Wildman–Crippen MR) is 48.2 cm³/mol. The van der Waals surface area contributed by atoms with Crippen LogP contribution in [-0.4, -0.2) is 11.8 Å². The SMILES string of the molecule is CC12CCC(C(=O)[O-])(CC1=O)C2(C)C. The molecule has 2 atom stereocenters. The van der Waals surface area contributed by atoms with Gasteiger partial charge in [-0.2, -0.15) is 0 Å². The average molecular weight is 195 g/mol. The fourth-order valence-electron chi connectivity index (χ4n) is 3.31. The summed E-state index contributed by atoms with van der Waals surface area (Å²) in [5.41, 5.74) is -1.82. The Hall–Kier alpha value is -0.860. The third-order valence-corrected chi connectivity index (χ3v) is 5.10. The number of carboxylic acid groups (broad SMARTS) is 1. The molecule has 0 heterocycles. The van der Waals surface area contributed by atoms with Gasteiger partial charge in [-0.05, 0) is 18.3 Å². The van der Waals surface area contributed by atoms with E-state index in [1.807, 2.05) is 20.8 Å². The van der Waals surface area contributed by atoms with Crippen molar-refractivity contribution in [3.8, 4) is 0 Å². The number of ketones is 1. The first-order valence-corrected chi connectivity index (χ1v) is 5.03. The number of hydrogen-bond acceptors (Lipinski definition) is 3. The third-order valence-electron chi connectivity index (χ3n) is 5.10. The lowest BCUT2D eigenvalue weighted by Crippen LogP contribution is -2.47. The van der Waals surface area contributed by atoms with Crippen molar-refractivity contribution in [2.24, 2.45) is 16.2 Å². The zero-order valence-corrected chi connectivity index (χ0v) is 8.85. The van der Waals surface area contributed by atoms with Crippen LogP contribution in [0.2, 0.25) is 0 Å². The van der Waals surface area contributed by atoms with E-state index < -0.39 is 22.2 Å². The van der Waals surface area contributed by atoms with Crippen molar-refractivity contribution in [1.82, 2.24) is 0 Å². The molecular formula is C11H15O3-. The number of rotatable bonds is 1. The minimum absolute atomic E-state index is 0.0953. The second-order valence-corrected chi connectivity index (χ2v) is 5.43. The Morgan fingerprint density at radius 3 is 2.07 bits per heavy atom. The molecule has 2 bridgehead atoms. The lowest BCUT2D eigenvalue weighted by molar-refractivity contribution is -0.323. The molecule has 0 radical (unpaired) electrons. The van der Waals surface area contributed by atoms with Gasteiger partial charge in [-0.3, -0.25) is 4.79 Å². The van der Waals surface area contributed by atoms with E-state index in [2.05, 4.69) is 0 Å². The molecular weight excluding hydrogens is 180 g/mol. The summed E-state index contributed by atoms with van der Waals surface area (Å²) in [5, 5.41) is 11.2. The molecule has 0 saturated heterocycles. The molecule has 0 aliphatic heterocycles. The molecule has 0 aromatic carbocycles. The molecule has 78 valence electrons. The molecule has 2 unspecified atom stereocenters. The van der Waals surface area contributed by atoms with E-state index in [0.717, 1.165) is 0 Å². The highest BCUT2D eigenvalue weighted by Gasteiger charge is 2.70. The van der Waals surface area contributed by atoms with Crippen LogP contribution in [0, 0.1) is 16.2 Å². The monoisotopic (exact) mass is 195 g/mol. The topological polar surface area (TPSA) is 57.2 Å². The molecule has 0 spiro atoms. The molecule has 0 amide bonds. The lowest BCUT2D eigenvalue weighted by Gasteiger charge is -2.40. The van der Waals surface area contributed by atoms with Gasteiger partial charge in [-0.1, -0.05) is 20.8 Å². The van der Waals surface area contributed by atoms with Crippen LogP contribution >= 0.6 is 0 Å². The van der Waals surface area contributed by atoms with E-state index in [0.29, 0.717) is 12.8 Å². The fraction of sp³-hybridized carbons (Fsp3) is 0.818. The molecule has 0 aromatic heterocycles. The Bertz CT molecular complexity index is 331. The maximum atomic E-state index is 11.8. The van der Waals surface area contributed by atoms with Crippen molar-refractivity contribution in [3.05, 3.63) is 0 Å². The van der Waals surface area contributed by atoms with Gasteiger partial charge >= 0.3 is 0 Å². The summed E-state index contributed by atoms with van der Waals surface area (Å²) < 4.78 is 0. The van der Waals surface area contributed by atoms with Crippen molar-refractivity contribution in [2.45, 2.75) is 40.0 Å². The molecule has 0 aromatic rings. The Balaban J connectivity index is 2.60. The van der Waals surface area contributed by atoms with Crippen LogP contribution in [0.1, 0.15) is 40.0 Å². The number of fused-ring (bicyclic) bond motifs is 2. The van der Waals surface area contributed by atoms with Gasteiger partial charge in [0.05, 0.1) is 0 Å². The van der Waals surface area contributed by atoms with Crippen molar-refractivity contribution in [3.63, 3.8) is 0 Å². The van der Waals surface area contributed by atoms with E-state index in [9.17, 15) is 14.7 Å². The summed E-state index contributed by atoms with van der Waals surface area (Å²) in [6.07, 6.45) is 1.44. The van der Waals surface area contributed by atoms with Crippen LogP contribution in [0.15, 0.2) is 0 Å². The maximum absolute atomic E-state index is 11.8. The fourth-order valence-corrected chi connectivity index (χ4v) is 3.31. The van der Waals surface area contributed by atoms with Crippen LogP contribution < -0.4 is 5.11 Å². The predicted octanol–water partition coefficient (Wildman–Crippen LogP) is 0.522. The molecule has 0 N–H and O–H groups in total. The van der Waals surface area contributed by atoms with Gasteiger partial charge in [0.25, 0.3) is 0 Å². The summed E-state index contributed by atoms with van der Waals surface area (Å²) in [4.78, 5) is 23.0. The molecule has 2 rings (SSSR count). The molecule has 3 nitrogen and oxygen atoms in total. The van der Waals surface area contributed by atoms with Crippen molar-refractivity contribution < 1.29 is 14.7 Å². The average Bonchev–Trinajstić information content (AvgIpc) is 2.34. The van der Waals surface area contributed by atoms with E-state index in [4.69, 9.17) is 0 Å². The Kier molecular flexibility index (Phi) is 1.53. The smallest absolute Gasteiger partial charge is 0.140 e. The quantitative estimate of drug-likeness (QED) is 0.613. The third kappa shape index (κ3) is 0.677. The van der Waals surface area contributed by atoms with Crippen molar-refractivity contribution >= 4 is 11.8 Å². The first-order chi connectivity index (χ1) is 6.28. The standard InChI is InChI=1S/C11H16O3/c1-9(2)10(3)4-5-11(9,8(13)14)6-7(10)12/h4-6H2,1-3H3,(H,13,14)/p-1. The van der Waals surface area contributed by atoms with Crippen LogP contribution in [0.5, 0.6) is 0 Å². The van der Waals surface area contributed by atoms with Gasteiger partial charge in [0, 0.05) is 23.2 Å². The van der Waals surface area contributed by atoms with Crippen molar-refractivity contribution in [1.29, 1.82) is 0 Å². The first kappa shape index (κ1) is 9.69. The van der Waals surface area contributed by atoms with Gasteiger partial charge in [0.15, 0.2) is 0 Å². The highest BCUT2D eigenvalue weighted by Crippen LogP contribution is 2.70. The maximum Gasteiger partial charge on any atom is 0.140 e. The van der Waals surface area contributed by atoms with Crippen LogP contribution in [0.25, 0.3) is 0 Å². The normalized spacial score (nSPS) is 44.4. The number of carbonyl (C=O) groups excluding carboxylic acids is 2. The lowest BCUT2D eigenvalue weighted by atomic mass is 9.65. The zero-order valence-electron chi connectivity index (χ0n) is 8.85. The molecule has 2 aliphatic carbocycles. The van der Waals surface area contributed by atoms with Crippen LogP contribution in [0.4, 0.5) is 0 Å². The van der Waals surface area contributed by atoms with Gasteiger partial charge in [-0.15, -0.1) is 0 Å². The number of carboxylic acids is 1. The Labute approximate surface area is 83.5 Å². The van der Waals surface area contributed by atoms with E-state index in [-0.39, 0.29) is 12.2 Å². The molecule has 2 saturated carbocycles. The molecule has 14 heavy (non-hydrogen) atoms. The summed E-state index contributed by atoms with van der Waals surface area (Å²) in [7, 11) is 0. The van der Waals surface area contributed by atoms with Gasteiger partial charge in [-0.25, -0.2) is 0 Å². The highest BCUT2D eigenvalue weighted by atomic mass is 16.4. The van der Waals surface area contributed by atoms with Gasteiger partial charge in [0.1, 0.15) is 5.78 Å². The number of hydrogen-bond donors (Lipinski definition) is 0. The highest BCUT2D eigenvalue weighted by molar-refractivity contribution is 5.96. The largest absolute Gasteiger partial charge is 0.550 e. The van der Waals surface area contributed by atoms with Crippen LogP contribution in [0.3, 0.4) is 0 Å².